The van der Waals surface area contributed by atoms with Crippen molar-refractivity contribution in [3.63, 3.8) is 0 Å². The van der Waals surface area contributed by atoms with Crippen LogP contribution in [-0.2, 0) is 79.6 Å². The molecule has 2 aromatic rings. The third-order valence-electron chi connectivity index (χ3n) is 12.1. The van der Waals surface area contributed by atoms with Gasteiger partial charge in [-0.3, -0.25) is 24.2 Å². The number of aromatic nitrogens is 1. The zero-order valence-corrected chi connectivity index (χ0v) is 50.3. The van der Waals surface area contributed by atoms with Crippen molar-refractivity contribution in [2.45, 2.75) is 91.3 Å². The highest BCUT2D eigenvalue weighted by Gasteiger charge is 2.29. The van der Waals surface area contributed by atoms with Crippen molar-refractivity contribution in [1.29, 1.82) is 0 Å². The summed E-state index contributed by atoms with van der Waals surface area (Å²) >= 11 is 0. The summed E-state index contributed by atoms with van der Waals surface area (Å²) in [5.74, 6) is -1.91. The number of rotatable bonds is 49. The van der Waals surface area contributed by atoms with Gasteiger partial charge in [0.25, 0.3) is 0 Å². The second kappa shape index (κ2) is 46.8. The first-order valence-electron chi connectivity index (χ1n) is 28.8. The first-order chi connectivity index (χ1) is 40.5. The number of nitrogens with two attached hydrogens (primary N) is 1. The molecule has 0 saturated carbocycles. The maximum atomic E-state index is 13.6. The molecular formula is C58H95N9O17. The van der Waals surface area contributed by atoms with Crippen molar-refractivity contribution in [1.82, 2.24) is 36.1 Å². The summed E-state index contributed by atoms with van der Waals surface area (Å²) in [6, 6.07) is 7.73. The first kappa shape index (κ1) is 73.6. The van der Waals surface area contributed by atoms with Crippen molar-refractivity contribution in [3.8, 4) is 0 Å². The van der Waals surface area contributed by atoms with E-state index in [1.807, 2.05) is 26.0 Å². The first-order valence-corrected chi connectivity index (χ1v) is 28.8. The lowest BCUT2D eigenvalue weighted by atomic mass is 10.0. The van der Waals surface area contributed by atoms with Gasteiger partial charge in [0, 0.05) is 70.2 Å². The smallest absolute Gasteiger partial charge is 0.409 e. The summed E-state index contributed by atoms with van der Waals surface area (Å²) < 4.78 is 54.8. The fourth-order valence-corrected chi connectivity index (χ4v) is 7.31. The molecule has 0 radical (unpaired) electrons. The fourth-order valence-electron chi connectivity index (χ4n) is 7.31. The number of urea groups is 1. The molecule has 0 saturated heterocycles. The number of pyridine rings is 1. The van der Waals surface area contributed by atoms with E-state index in [9.17, 15) is 33.6 Å². The number of nitrogens with one attached hydrogen (secondary N) is 5. The maximum Gasteiger partial charge on any atom is 0.409 e. The summed E-state index contributed by atoms with van der Waals surface area (Å²) in [7, 11) is 3.15. The number of anilines is 1. The lowest BCUT2D eigenvalue weighted by molar-refractivity contribution is -0.132. The molecule has 7 N–H and O–H groups in total. The Labute approximate surface area is 495 Å². The Morgan fingerprint density at radius 1 is 0.619 bits per heavy atom. The molecule has 0 aliphatic carbocycles. The molecule has 1 heterocycles. The zero-order valence-electron chi connectivity index (χ0n) is 50.3. The van der Waals surface area contributed by atoms with Gasteiger partial charge < -0.3 is 89.5 Å². The number of unbranched alkanes of at least 4 members (excludes halogenated alkanes) is 1. The average molecular weight is 1190 g/mol. The van der Waals surface area contributed by atoms with Gasteiger partial charge in [0.2, 0.25) is 23.6 Å². The van der Waals surface area contributed by atoms with E-state index in [4.69, 9.17) is 53.1 Å². The molecule has 84 heavy (non-hydrogen) atoms. The molecule has 1 aromatic carbocycles. The van der Waals surface area contributed by atoms with Gasteiger partial charge in [0.1, 0.15) is 18.7 Å². The number of nitrogens with zero attached hydrogens (tertiary/aromatic N) is 3. The van der Waals surface area contributed by atoms with Gasteiger partial charge in [0.05, 0.1) is 112 Å². The predicted octanol–water partition coefficient (Wildman–Crippen LogP) is 3.75. The Morgan fingerprint density at radius 2 is 1.14 bits per heavy atom. The standard InChI is InChI=1S/C58H95N9O17/c1-8-10-24-83-57(73)66(6)22-23-67(7)58(74)84-43-47-13-15-48(16-14-47)63-54(70)50(12-11-20-61-56(59)72)64-55(71)53(44(3)4)65-52(69)19-25-75-27-29-77-31-33-79-35-37-81-39-40-82-38-36-80-34-32-78-30-28-76-26-21-60-51(68)18-17-49-42-46(9-2)41-45(5)62-49/h9,13-16,41-42,44,50,53H,2,8,10-12,17-40,43H2,1,3-7H3,(H,60,68)(H,63,70)(H,64,71)(H,65,69)(H3,59,61,72)/t50-,53-/m0/s1. The highest BCUT2D eigenvalue weighted by molar-refractivity contribution is 5.98. The number of amides is 8. The Bertz CT molecular complexity index is 2190. The van der Waals surface area contributed by atoms with Gasteiger partial charge in [-0.25, -0.2) is 14.4 Å². The summed E-state index contributed by atoms with van der Waals surface area (Å²) in [4.78, 5) is 95.4. The predicted molar refractivity (Wildman–Crippen MR) is 314 cm³/mol. The van der Waals surface area contributed by atoms with Crippen molar-refractivity contribution in [2.75, 3.05) is 158 Å². The number of primary amides is 1. The Balaban J connectivity index is 1.51. The van der Waals surface area contributed by atoms with Crippen LogP contribution >= 0.6 is 0 Å². The molecule has 2 rings (SSSR count). The molecule has 0 unspecified atom stereocenters. The number of ether oxygens (including phenoxy) is 10. The largest absolute Gasteiger partial charge is 0.449 e. The van der Waals surface area contributed by atoms with E-state index in [1.54, 1.807) is 58.3 Å². The molecule has 0 bridgehead atoms. The third-order valence-corrected chi connectivity index (χ3v) is 12.1. The van der Waals surface area contributed by atoms with E-state index in [0.29, 0.717) is 130 Å². The van der Waals surface area contributed by atoms with Crippen LogP contribution < -0.4 is 32.3 Å². The number of hydrogen-bond acceptors (Lipinski definition) is 18. The van der Waals surface area contributed by atoms with E-state index < -0.39 is 48.0 Å². The van der Waals surface area contributed by atoms with Gasteiger partial charge in [-0.15, -0.1) is 0 Å². The van der Waals surface area contributed by atoms with Crippen molar-refractivity contribution >= 4 is 53.6 Å². The van der Waals surface area contributed by atoms with E-state index in [0.717, 1.165) is 29.8 Å². The van der Waals surface area contributed by atoms with Crippen LogP contribution in [0.3, 0.4) is 0 Å². The van der Waals surface area contributed by atoms with Crippen molar-refractivity contribution < 1.29 is 80.9 Å². The van der Waals surface area contributed by atoms with Gasteiger partial charge in [0.15, 0.2) is 0 Å². The maximum absolute atomic E-state index is 13.6. The second-order valence-electron chi connectivity index (χ2n) is 19.6. The van der Waals surface area contributed by atoms with E-state index in [2.05, 4.69) is 38.1 Å². The SMILES string of the molecule is C=Cc1cc(C)nc(CCC(=O)NCCOCCOCCOCCOCCOCCOCCOCCOCCC(=O)N[C@H](C(=O)N[C@@H](CCCNC(N)=O)C(=O)Nc2ccc(COC(=O)N(C)CCN(C)C(=O)OCCCC)cc2)C(C)C)c1. The molecule has 26 heteroatoms. The van der Waals surface area contributed by atoms with Crippen LogP contribution in [0.1, 0.15) is 81.8 Å². The van der Waals surface area contributed by atoms with Crippen LogP contribution in [0.15, 0.2) is 43.0 Å². The fraction of sp³-hybridized carbons (Fsp3) is 0.655. The minimum Gasteiger partial charge on any atom is -0.449 e. The molecule has 0 aliphatic rings. The lowest BCUT2D eigenvalue weighted by Crippen LogP contribution is -2.54. The van der Waals surface area contributed by atoms with Crippen LogP contribution in [0, 0.1) is 12.8 Å². The summed E-state index contributed by atoms with van der Waals surface area (Å²) in [5, 5.41) is 13.6. The summed E-state index contributed by atoms with van der Waals surface area (Å²) in [5.41, 5.74) is 9.02. The van der Waals surface area contributed by atoms with Gasteiger partial charge in [-0.05, 0) is 73.9 Å². The molecule has 26 nitrogen and oxygen atoms in total. The summed E-state index contributed by atoms with van der Waals surface area (Å²) in [6.07, 6.45) is 3.73. The number of likely N-dealkylation sites (N-methyl/N-ethyl adjacent to an activating group) is 2. The summed E-state index contributed by atoms with van der Waals surface area (Å²) in [6.45, 7) is 18.5. The molecular weight excluding hydrogens is 1090 g/mol. The van der Waals surface area contributed by atoms with Crippen molar-refractivity contribution in [3.05, 3.63) is 65.5 Å². The molecule has 0 spiro atoms. The molecule has 0 fully saturated rings. The molecule has 2 atom stereocenters. The van der Waals surface area contributed by atoms with Gasteiger partial charge >= 0.3 is 18.2 Å². The minimum absolute atomic E-state index is 0.0192. The van der Waals surface area contributed by atoms with E-state index in [1.165, 1.54) is 9.80 Å². The third kappa shape index (κ3) is 36.9. The van der Waals surface area contributed by atoms with E-state index >= 15 is 0 Å². The number of benzene rings is 1. The second-order valence-corrected chi connectivity index (χ2v) is 19.6. The van der Waals surface area contributed by atoms with Gasteiger partial charge in [-0.1, -0.05) is 52.0 Å². The van der Waals surface area contributed by atoms with Crippen LogP contribution in [0.4, 0.5) is 20.1 Å². The Morgan fingerprint density at radius 3 is 1.65 bits per heavy atom. The topological polar surface area (TPSA) is 317 Å². The van der Waals surface area contributed by atoms with Crippen LogP contribution in [-0.4, -0.2) is 221 Å². The van der Waals surface area contributed by atoms with Crippen LogP contribution in [0.5, 0.6) is 0 Å². The highest BCUT2D eigenvalue weighted by atomic mass is 16.6. The number of carbonyl (C=O) groups is 7. The number of hydrogen-bond donors (Lipinski definition) is 6. The van der Waals surface area contributed by atoms with E-state index in [-0.39, 0.29) is 70.7 Å². The Kier molecular flexibility index (Phi) is 41.0. The van der Waals surface area contributed by atoms with Crippen LogP contribution in [0.2, 0.25) is 0 Å². The molecule has 8 amide bonds. The zero-order chi connectivity index (χ0) is 61.6. The molecule has 1 aromatic heterocycles. The number of aryl methyl sites for hydroxylation is 2. The minimum atomic E-state index is -1.05. The number of carbonyl (C=O) groups excluding carboxylic acids is 7. The quantitative estimate of drug-likeness (QED) is 0.0514. The lowest BCUT2D eigenvalue weighted by Gasteiger charge is -2.25. The van der Waals surface area contributed by atoms with Crippen molar-refractivity contribution in [2.24, 2.45) is 11.7 Å². The molecule has 0 aliphatic heterocycles. The monoisotopic (exact) mass is 1190 g/mol. The highest BCUT2D eigenvalue weighted by Crippen LogP contribution is 2.14. The van der Waals surface area contributed by atoms with Gasteiger partial charge in [-0.2, -0.15) is 0 Å². The van der Waals surface area contributed by atoms with Crippen LogP contribution in [0.25, 0.3) is 6.08 Å². The Hall–Kier alpha value is -6.52. The average Bonchev–Trinajstić information content (AvgIpc) is 3.63. The normalized spacial score (nSPS) is 11.8. The molecule has 474 valence electrons.